The van der Waals surface area contributed by atoms with Crippen molar-refractivity contribution in [3.63, 3.8) is 0 Å². The summed E-state index contributed by atoms with van der Waals surface area (Å²) in [6.45, 7) is 2.04. The lowest BCUT2D eigenvalue weighted by Gasteiger charge is -2.17. The number of phenolic OH excluding ortho intramolecular Hbond substituents is 1. The van der Waals surface area contributed by atoms with Gasteiger partial charge in [0.1, 0.15) is 5.75 Å². The number of amides is 1. The minimum Gasteiger partial charge on any atom is -0.508 e. The lowest BCUT2D eigenvalue weighted by atomic mass is 10.0. The van der Waals surface area contributed by atoms with Gasteiger partial charge in [-0.25, -0.2) is 0 Å². The van der Waals surface area contributed by atoms with Crippen molar-refractivity contribution in [2.75, 3.05) is 0 Å². The zero-order chi connectivity index (χ0) is 13.7. The second-order valence-electron chi connectivity index (χ2n) is 4.39. The first-order valence-corrected chi connectivity index (χ1v) is 6.35. The van der Waals surface area contributed by atoms with Gasteiger partial charge in [0.15, 0.2) is 0 Å². The highest BCUT2D eigenvalue weighted by Gasteiger charge is 2.13. The molecule has 0 radical (unpaired) electrons. The molecule has 0 unspecified atom stereocenters. The van der Waals surface area contributed by atoms with Crippen LogP contribution in [0, 0.1) is 0 Å². The Bertz CT molecular complexity index is 534. The Morgan fingerprint density at radius 1 is 1.11 bits per heavy atom. The molecule has 2 aromatic carbocycles. The molecule has 0 heterocycles. The van der Waals surface area contributed by atoms with Crippen LogP contribution in [0.2, 0.25) is 0 Å². The van der Waals surface area contributed by atoms with E-state index in [4.69, 9.17) is 0 Å². The highest BCUT2D eigenvalue weighted by molar-refractivity contribution is 5.94. The summed E-state index contributed by atoms with van der Waals surface area (Å²) in [6, 6.07) is 16.1. The minimum atomic E-state index is -0.129. The Hall–Kier alpha value is -2.29. The first-order valence-electron chi connectivity index (χ1n) is 6.35. The Kier molecular flexibility index (Phi) is 4.18. The number of hydrogen-bond donors (Lipinski definition) is 2. The molecule has 0 saturated carbocycles. The van der Waals surface area contributed by atoms with E-state index in [1.54, 1.807) is 12.1 Å². The van der Waals surface area contributed by atoms with Crippen molar-refractivity contribution in [1.82, 2.24) is 5.32 Å². The molecule has 2 rings (SSSR count). The number of hydrogen-bond acceptors (Lipinski definition) is 2. The largest absolute Gasteiger partial charge is 0.508 e. The number of benzene rings is 2. The third kappa shape index (κ3) is 3.35. The monoisotopic (exact) mass is 255 g/mol. The molecule has 2 aromatic rings. The SMILES string of the molecule is CC[C@@H](NC(=O)c1ccc(O)cc1)c1ccccc1. The fraction of sp³-hybridized carbons (Fsp3) is 0.188. The van der Waals surface area contributed by atoms with Gasteiger partial charge in [-0.15, -0.1) is 0 Å². The maximum Gasteiger partial charge on any atom is 0.251 e. The molecule has 0 saturated heterocycles. The van der Waals surface area contributed by atoms with E-state index in [9.17, 15) is 9.90 Å². The lowest BCUT2D eigenvalue weighted by molar-refractivity contribution is 0.0935. The van der Waals surface area contributed by atoms with E-state index in [1.807, 2.05) is 37.3 Å². The average Bonchev–Trinajstić information content (AvgIpc) is 2.46. The van der Waals surface area contributed by atoms with Gasteiger partial charge in [0.05, 0.1) is 6.04 Å². The van der Waals surface area contributed by atoms with Gasteiger partial charge in [0.2, 0.25) is 0 Å². The molecule has 98 valence electrons. The molecule has 0 aromatic heterocycles. The van der Waals surface area contributed by atoms with Crippen molar-refractivity contribution in [3.8, 4) is 5.75 Å². The Balaban J connectivity index is 2.10. The maximum atomic E-state index is 12.1. The van der Waals surface area contributed by atoms with E-state index in [-0.39, 0.29) is 17.7 Å². The van der Waals surface area contributed by atoms with Gasteiger partial charge in [0, 0.05) is 5.56 Å². The maximum absolute atomic E-state index is 12.1. The van der Waals surface area contributed by atoms with Crippen molar-refractivity contribution in [2.24, 2.45) is 0 Å². The van der Waals surface area contributed by atoms with Gasteiger partial charge in [-0.1, -0.05) is 37.3 Å². The molecule has 0 aliphatic rings. The zero-order valence-electron chi connectivity index (χ0n) is 10.8. The van der Waals surface area contributed by atoms with Crippen LogP contribution in [-0.2, 0) is 0 Å². The van der Waals surface area contributed by atoms with Crippen LogP contribution >= 0.6 is 0 Å². The van der Waals surface area contributed by atoms with E-state index in [0.717, 1.165) is 12.0 Å². The van der Waals surface area contributed by atoms with Crippen LogP contribution < -0.4 is 5.32 Å². The molecule has 3 nitrogen and oxygen atoms in total. The fourth-order valence-electron chi connectivity index (χ4n) is 1.96. The van der Waals surface area contributed by atoms with Crippen LogP contribution in [-0.4, -0.2) is 11.0 Å². The summed E-state index contributed by atoms with van der Waals surface area (Å²) in [5.74, 6) is 0.0300. The normalized spacial score (nSPS) is 11.8. The predicted molar refractivity (Wildman–Crippen MR) is 75.0 cm³/mol. The highest BCUT2D eigenvalue weighted by Crippen LogP contribution is 2.17. The number of carbonyl (C=O) groups is 1. The van der Waals surface area contributed by atoms with Crippen molar-refractivity contribution in [3.05, 3.63) is 65.7 Å². The van der Waals surface area contributed by atoms with Crippen LogP contribution in [0.1, 0.15) is 35.3 Å². The molecule has 0 spiro atoms. The van der Waals surface area contributed by atoms with Crippen molar-refractivity contribution in [2.45, 2.75) is 19.4 Å². The van der Waals surface area contributed by atoms with Gasteiger partial charge >= 0.3 is 0 Å². The summed E-state index contributed by atoms with van der Waals surface area (Å²) in [5, 5.41) is 12.2. The first kappa shape index (κ1) is 13.1. The second kappa shape index (κ2) is 6.05. The molecule has 19 heavy (non-hydrogen) atoms. The van der Waals surface area contributed by atoms with Crippen molar-refractivity contribution < 1.29 is 9.90 Å². The third-order valence-electron chi connectivity index (χ3n) is 3.05. The van der Waals surface area contributed by atoms with Crippen LogP contribution in [0.25, 0.3) is 0 Å². The molecule has 2 N–H and O–H groups in total. The van der Waals surface area contributed by atoms with Gasteiger partial charge in [-0.3, -0.25) is 4.79 Å². The molecule has 1 atom stereocenters. The number of phenols is 1. The topological polar surface area (TPSA) is 49.3 Å². The molecular formula is C16H17NO2. The van der Waals surface area contributed by atoms with Crippen LogP contribution in [0.4, 0.5) is 0 Å². The Morgan fingerprint density at radius 2 is 1.74 bits per heavy atom. The Morgan fingerprint density at radius 3 is 2.32 bits per heavy atom. The number of aromatic hydroxyl groups is 1. The molecule has 1 amide bonds. The van der Waals surface area contributed by atoms with E-state index in [0.29, 0.717) is 5.56 Å². The van der Waals surface area contributed by atoms with Crippen molar-refractivity contribution >= 4 is 5.91 Å². The summed E-state index contributed by atoms with van der Waals surface area (Å²) in [4.78, 5) is 12.1. The van der Waals surface area contributed by atoms with E-state index >= 15 is 0 Å². The molecule has 3 heteroatoms. The molecule has 0 aliphatic carbocycles. The van der Waals surface area contributed by atoms with E-state index in [2.05, 4.69) is 5.32 Å². The molecular weight excluding hydrogens is 238 g/mol. The van der Waals surface area contributed by atoms with Gasteiger partial charge in [-0.05, 0) is 36.2 Å². The standard InChI is InChI=1S/C16H17NO2/c1-2-15(12-6-4-3-5-7-12)17-16(19)13-8-10-14(18)11-9-13/h3-11,15,18H,2H2,1H3,(H,17,19)/t15-/m1/s1. The number of rotatable bonds is 4. The summed E-state index contributed by atoms with van der Waals surface area (Å²) < 4.78 is 0. The summed E-state index contributed by atoms with van der Waals surface area (Å²) >= 11 is 0. The number of nitrogens with one attached hydrogen (secondary N) is 1. The minimum absolute atomic E-state index is 0.00232. The van der Waals surface area contributed by atoms with Crippen LogP contribution in [0.15, 0.2) is 54.6 Å². The number of carbonyl (C=O) groups excluding carboxylic acids is 1. The fourth-order valence-corrected chi connectivity index (χ4v) is 1.96. The van der Waals surface area contributed by atoms with Gasteiger partial charge in [-0.2, -0.15) is 0 Å². The molecule has 0 fully saturated rings. The quantitative estimate of drug-likeness (QED) is 0.880. The highest BCUT2D eigenvalue weighted by atomic mass is 16.3. The van der Waals surface area contributed by atoms with Crippen LogP contribution in [0.3, 0.4) is 0 Å². The summed E-state index contributed by atoms with van der Waals surface area (Å²) in [7, 11) is 0. The summed E-state index contributed by atoms with van der Waals surface area (Å²) in [6.07, 6.45) is 0.827. The van der Waals surface area contributed by atoms with Crippen molar-refractivity contribution in [1.29, 1.82) is 0 Å². The Labute approximate surface area is 112 Å². The molecule has 0 aliphatic heterocycles. The average molecular weight is 255 g/mol. The van der Waals surface area contributed by atoms with E-state index < -0.39 is 0 Å². The molecule has 0 bridgehead atoms. The smallest absolute Gasteiger partial charge is 0.251 e. The predicted octanol–water partition coefficient (Wildman–Crippen LogP) is 3.27. The second-order valence-corrected chi connectivity index (χ2v) is 4.39. The van der Waals surface area contributed by atoms with Gasteiger partial charge < -0.3 is 10.4 Å². The van der Waals surface area contributed by atoms with E-state index in [1.165, 1.54) is 12.1 Å². The zero-order valence-corrected chi connectivity index (χ0v) is 10.8. The lowest BCUT2D eigenvalue weighted by Crippen LogP contribution is -2.28. The first-order chi connectivity index (χ1) is 9.20. The van der Waals surface area contributed by atoms with Gasteiger partial charge in [0.25, 0.3) is 5.91 Å². The summed E-state index contributed by atoms with van der Waals surface area (Å²) in [5.41, 5.74) is 1.64. The van der Waals surface area contributed by atoms with Crippen LogP contribution in [0.5, 0.6) is 5.75 Å². The third-order valence-corrected chi connectivity index (χ3v) is 3.05.